The molecule has 5 rings (SSSR count). The van der Waals surface area contributed by atoms with E-state index in [0.717, 1.165) is 28.0 Å². The summed E-state index contributed by atoms with van der Waals surface area (Å²) >= 11 is 0. The van der Waals surface area contributed by atoms with Crippen molar-refractivity contribution in [1.29, 1.82) is 0 Å². The van der Waals surface area contributed by atoms with Crippen molar-refractivity contribution in [3.63, 3.8) is 0 Å². The predicted molar refractivity (Wildman–Crippen MR) is 138 cm³/mol. The summed E-state index contributed by atoms with van der Waals surface area (Å²) in [5.74, 6) is 0.0323. The Morgan fingerprint density at radius 1 is 1.16 bits per heavy atom. The zero-order valence-corrected chi connectivity index (χ0v) is 21.7. The summed E-state index contributed by atoms with van der Waals surface area (Å²) in [6.45, 7) is 5.90. The first-order chi connectivity index (χ1) is 17.7. The first kappa shape index (κ1) is 24.9. The van der Waals surface area contributed by atoms with Gasteiger partial charge in [0.1, 0.15) is 28.9 Å². The van der Waals surface area contributed by atoms with Crippen molar-refractivity contribution in [2.45, 2.75) is 38.6 Å². The average Bonchev–Trinajstić information content (AvgIpc) is 3.13. The van der Waals surface area contributed by atoms with E-state index in [2.05, 4.69) is 15.0 Å². The second kappa shape index (κ2) is 9.59. The lowest BCUT2D eigenvalue weighted by Gasteiger charge is -2.22. The smallest absolute Gasteiger partial charge is 0.254 e. The van der Waals surface area contributed by atoms with E-state index >= 15 is 4.39 Å². The summed E-state index contributed by atoms with van der Waals surface area (Å²) < 4.78 is 45.8. The Morgan fingerprint density at radius 3 is 2.73 bits per heavy atom. The Bertz CT molecular complexity index is 1630. The average molecular weight is 523 g/mol. The molecule has 1 N–H and O–H groups in total. The fourth-order valence-corrected chi connectivity index (χ4v) is 5.62. The molecule has 0 saturated heterocycles. The molecule has 0 fully saturated rings. The molecule has 1 amide bonds. The Hall–Kier alpha value is -3.79. The molecule has 1 aliphatic heterocycles. The minimum absolute atomic E-state index is 0.105. The van der Waals surface area contributed by atoms with E-state index in [9.17, 15) is 13.2 Å². The number of hydrogen-bond donors (Lipinski definition) is 1. The van der Waals surface area contributed by atoms with Gasteiger partial charge in [0.05, 0.1) is 17.8 Å². The molecule has 37 heavy (non-hydrogen) atoms. The van der Waals surface area contributed by atoms with Gasteiger partial charge in [-0.15, -0.1) is 0 Å². The number of aryl methyl sites for hydroxylation is 1. The number of aromatic nitrogens is 3. The van der Waals surface area contributed by atoms with E-state index < -0.39 is 15.7 Å². The van der Waals surface area contributed by atoms with Gasteiger partial charge in [0.2, 0.25) is 0 Å². The summed E-state index contributed by atoms with van der Waals surface area (Å²) in [6, 6.07) is 10.4. The van der Waals surface area contributed by atoms with E-state index in [-0.39, 0.29) is 47.3 Å². The number of carbonyl (C=O) groups is 1. The Morgan fingerprint density at radius 2 is 1.97 bits per heavy atom. The number of rotatable bonds is 5. The summed E-state index contributed by atoms with van der Waals surface area (Å²) in [7, 11) is -3.75. The van der Waals surface area contributed by atoms with Crippen LogP contribution in [0.2, 0.25) is 0 Å². The molecule has 0 bridgehead atoms. The number of carbonyl (C=O) groups excluding carboxylic acids is 1. The van der Waals surface area contributed by atoms with Gasteiger partial charge in [0, 0.05) is 35.0 Å². The Balaban J connectivity index is 1.48. The van der Waals surface area contributed by atoms with Crippen LogP contribution in [-0.4, -0.2) is 53.1 Å². The Kier molecular flexibility index (Phi) is 6.45. The van der Waals surface area contributed by atoms with Gasteiger partial charge in [0.25, 0.3) is 5.91 Å². The van der Waals surface area contributed by atoms with Crippen molar-refractivity contribution in [3.8, 4) is 16.9 Å². The summed E-state index contributed by atoms with van der Waals surface area (Å²) in [5.41, 5.74) is 4.37. The van der Waals surface area contributed by atoms with E-state index in [0.29, 0.717) is 17.9 Å². The summed E-state index contributed by atoms with van der Waals surface area (Å²) in [5, 5.41) is 0. The number of H-pyrrole nitrogens is 1. The number of halogens is 1. The number of amides is 1. The highest BCUT2D eigenvalue weighted by molar-refractivity contribution is 7.91. The lowest BCUT2D eigenvalue weighted by Crippen LogP contribution is -2.33. The van der Waals surface area contributed by atoms with Crippen molar-refractivity contribution in [3.05, 3.63) is 70.9 Å². The first-order valence-electron chi connectivity index (χ1n) is 12.1. The molecular weight excluding hydrogens is 495 g/mol. The molecule has 3 heterocycles. The van der Waals surface area contributed by atoms with Gasteiger partial charge in [-0.25, -0.2) is 22.8 Å². The van der Waals surface area contributed by atoms with Crippen LogP contribution in [0, 0.1) is 12.7 Å². The number of ether oxygens (including phenoxy) is 1. The number of pyridine rings is 1. The number of imidazole rings is 1. The minimum atomic E-state index is -3.75. The Labute approximate surface area is 214 Å². The molecule has 192 valence electrons. The van der Waals surface area contributed by atoms with Gasteiger partial charge in [0.15, 0.2) is 15.5 Å². The number of aromatic amines is 1. The molecule has 2 aromatic heterocycles. The van der Waals surface area contributed by atoms with Gasteiger partial charge in [-0.2, -0.15) is 0 Å². The van der Waals surface area contributed by atoms with Gasteiger partial charge in [-0.3, -0.25) is 4.79 Å². The van der Waals surface area contributed by atoms with Crippen LogP contribution in [-0.2, 0) is 22.8 Å². The van der Waals surface area contributed by atoms with Crippen LogP contribution in [0.3, 0.4) is 0 Å². The quantitative estimate of drug-likeness (QED) is 0.415. The molecule has 10 heteroatoms. The standard InChI is InChI=1S/C27H27FN4O4S/c1-4-20-21(7-9-24(25(20)28)37(34,35)5-2)27(33)32-10-11-36-23-8-6-17(12-19(23)15-32)18-13-22-26(29-14-18)31-16(3)30-22/h6-9,12-14H,4-5,10-11,15H2,1-3H3,(H,29,30,31). The van der Waals surface area contributed by atoms with Crippen molar-refractivity contribution in [2.75, 3.05) is 18.9 Å². The number of hydrogen-bond acceptors (Lipinski definition) is 6. The maximum absolute atomic E-state index is 15.2. The van der Waals surface area contributed by atoms with Crippen LogP contribution in [0.4, 0.5) is 4.39 Å². The third-order valence-electron chi connectivity index (χ3n) is 6.62. The molecule has 0 unspecified atom stereocenters. The third-order valence-corrected chi connectivity index (χ3v) is 8.37. The minimum Gasteiger partial charge on any atom is -0.491 e. The highest BCUT2D eigenvalue weighted by Gasteiger charge is 2.27. The molecule has 1 aliphatic rings. The van der Waals surface area contributed by atoms with Crippen LogP contribution in [0.25, 0.3) is 22.3 Å². The fraction of sp³-hybridized carbons (Fsp3) is 0.296. The van der Waals surface area contributed by atoms with E-state index in [1.165, 1.54) is 19.1 Å². The molecule has 0 radical (unpaired) electrons. The molecule has 0 aliphatic carbocycles. The SMILES string of the molecule is CCc1c(C(=O)N2CCOc3ccc(-c4cnc5nc(C)[nH]c5c4)cc3C2)ccc(S(=O)(=O)CC)c1F. The predicted octanol–water partition coefficient (Wildman–Crippen LogP) is 4.46. The van der Waals surface area contributed by atoms with Crippen molar-refractivity contribution >= 4 is 26.9 Å². The summed E-state index contributed by atoms with van der Waals surface area (Å²) in [4.78, 5) is 26.8. The molecule has 0 saturated carbocycles. The molecule has 8 nitrogen and oxygen atoms in total. The second-order valence-electron chi connectivity index (χ2n) is 8.98. The first-order valence-corrected chi connectivity index (χ1v) is 13.8. The number of sulfone groups is 1. The van der Waals surface area contributed by atoms with Crippen molar-refractivity contribution < 1.29 is 22.3 Å². The maximum atomic E-state index is 15.2. The zero-order chi connectivity index (χ0) is 26.3. The van der Waals surface area contributed by atoms with Crippen LogP contribution < -0.4 is 4.74 Å². The van der Waals surface area contributed by atoms with Crippen LogP contribution in [0.1, 0.15) is 41.2 Å². The normalized spacial score (nSPS) is 13.8. The molecule has 4 aromatic rings. The fourth-order valence-electron chi connectivity index (χ4n) is 4.64. The number of benzene rings is 2. The van der Waals surface area contributed by atoms with Crippen LogP contribution in [0.15, 0.2) is 47.5 Å². The number of nitrogens with zero attached hydrogens (tertiary/aromatic N) is 3. The highest BCUT2D eigenvalue weighted by Crippen LogP contribution is 2.31. The van der Waals surface area contributed by atoms with Gasteiger partial charge < -0.3 is 14.6 Å². The molecule has 2 aromatic carbocycles. The molecular formula is C27H27FN4O4S. The van der Waals surface area contributed by atoms with Crippen LogP contribution in [0.5, 0.6) is 5.75 Å². The van der Waals surface area contributed by atoms with E-state index in [1.807, 2.05) is 31.2 Å². The van der Waals surface area contributed by atoms with Gasteiger partial charge >= 0.3 is 0 Å². The number of fused-ring (bicyclic) bond motifs is 2. The largest absolute Gasteiger partial charge is 0.491 e. The highest BCUT2D eigenvalue weighted by atomic mass is 32.2. The van der Waals surface area contributed by atoms with Crippen LogP contribution >= 0.6 is 0 Å². The van der Waals surface area contributed by atoms with Crippen molar-refractivity contribution in [2.24, 2.45) is 0 Å². The monoisotopic (exact) mass is 522 g/mol. The van der Waals surface area contributed by atoms with Crippen molar-refractivity contribution in [1.82, 2.24) is 19.9 Å². The maximum Gasteiger partial charge on any atom is 0.254 e. The third kappa shape index (κ3) is 4.57. The molecule has 0 spiro atoms. The van der Waals surface area contributed by atoms with E-state index in [1.54, 1.807) is 18.0 Å². The lowest BCUT2D eigenvalue weighted by molar-refractivity contribution is 0.0731. The summed E-state index contributed by atoms with van der Waals surface area (Å²) in [6.07, 6.45) is 1.95. The van der Waals surface area contributed by atoms with Gasteiger partial charge in [-0.05, 0) is 49.2 Å². The topological polar surface area (TPSA) is 105 Å². The molecule has 0 atom stereocenters. The lowest BCUT2D eigenvalue weighted by atomic mass is 10.0. The number of nitrogens with one attached hydrogen (secondary N) is 1. The van der Waals surface area contributed by atoms with E-state index in [4.69, 9.17) is 4.74 Å². The van der Waals surface area contributed by atoms with Gasteiger partial charge in [-0.1, -0.05) is 19.9 Å². The zero-order valence-electron chi connectivity index (χ0n) is 20.8. The second-order valence-corrected chi connectivity index (χ2v) is 11.2.